The molecule has 0 saturated carbocycles. The summed E-state index contributed by atoms with van der Waals surface area (Å²) in [5.74, 6) is -0.0290. The summed E-state index contributed by atoms with van der Waals surface area (Å²) in [4.78, 5) is 14.6. The van der Waals surface area contributed by atoms with Crippen molar-refractivity contribution in [1.82, 2.24) is 25.2 Å². The van der Waals surface area contributed by atoms with Crippen LogP contribution in [0.3, 0.4) is 0 Å². The second-order valence-electron chi connectivity index (χ2n) is 4.84. The first-order valence-corrected chi connectivity index (χ1v) is 6.51. The van der Waals surface area contributed by atoms with Gasteiger partial charge in [-0.3, -0.25) is 9.78 Å². The number of carboxylic acid groups (broad SMARTS) is 1. The molecule has 2 heterocycles. The molecular weight excluding hydrogens is 258 g/mol. The van der Waals surface area contributed by atoms with Crippen molar-refractivity contribution in [2.24, 2.45) is 5.92 Å². The topological polar surface area (TPSA) is 93.8 Å². The largest absolute Gasteiger partial charge is 0.481 e. The summed E-state index contributed by atoms with van der Waals surface area (Å²) in [5.41, 5.74) is 1.17. The summed E-state index contributed by atoms with van der Waals surface area (Å²) in [6.45, 7) is 2.40. The molecule has 20 heavy (non-hydrogen) atoms. The van der Waals surface area contributed by atoms with E-state index in [2.05, 4.69) is 20.5 Å². The Balaban J connectivity index is 1.93. The fourth-order valence-corrected chi connectivity index (χ4v) is 2.01. The Bertz CT molecular complexity index is 555. The van der Waals surface area contributed by atoms with Gasteiger partial charge in [0.15, 0.2) is 5.82 Å². The molecule has 0 aliphatic rings. The lowest BCUT2D eigenvalue weighted by atomic mass is 10.1. The molecule has 2 rings (SSSR count). The molecule has 0 aliphatic heterocycles. The van der Waals surface area contributed by atoms with Crippen LogP contribution in [0.4, 0.5) is 0 Å². The summed E-state index contributed by atoms with van der Waals surface area (Å²) in [5, 5.41) is 20.4. The smallest absolute Gasteiger partial charge is 0.303 e. The predicted octanol–water partition coefficient (Wildman–Crippen LogP) is 0.964. The maximum absolute atomic E-state index is 10.7. The molecule has 0 amide bonds. The summed E-state index contributed by atoms with van der Waals surface area (Å²) in [6.07, 6.45) is 5.18. The number of carbonyl (C=O) groups is 1. The lowest BCUT2D eigenvalue weighted by Crippen LogP contribution is -2.15. The number of tetrazole rings is 1. The molecule has 1 N–H and O–H groups in total. The Kier molecular flexibility index (Phi) is 4.75. The maximum atomic E-state index is 10.7. The van der Waals surface area contributed by atoms with Crippen molar-refractivity contribution in [3.8, 4) is 0 Å². The van der Waals surface area contributed by atoms with E-state index in [1.54, 1.807) is 17.1 Å². The third kappa shape index (κ3) is 4.11. The minimum absolute atomic E-state index is 0.00400. The van der Waals surface area contributed by atoms with Gasteiger partial charge in [-0.15, -0.1) is 5.10 Å². The van der Waals surface area contributed by atoms with Gasteiger partial charge in [0, 0.05) is 31.8 Å². The van der Waals surface area contributed by atoms with Crippen molar-refractivity contribution in [2.45, 2.75) is 32.7 Å². The lowest BCUT2D eigenvalue weighted by Gasteiger charge is -2.09. The summed E-state index contributed by atoms with van der Waals surface area (Å²) < 4.78 is 1.69. The monoisotopic (exact) mass is 275 g/mol. The van der Waals surface area contributed by atoms with E-state index in [4.69, 9.17) is 5.11 Å². The SMILES string of the molecule is CC(CC(=O)O)Cn1nnnc1CCc1ccncc1. The second-order valence-corrected chi connectivity index (χ2v) is 4.84. The van der Waals surface area contributed by atoms with Gasteiger partial charge in [-0.1, -0.05) is 6.92 Å². The Morgan fingerprint density at radius 1 is 1.35 bits per heavy atom. The minimum Gasteiger partial charge on any atom is -0.481 e. The molecule has 2 aromatic rings. The number of pyridine rings is 1. The van der Waals surface area contributed by atoms with E-state index in [0.717, 1.165) is 18.7 Å². The fraction of sp³-hybridized carbons (Fsp3) is 0.462. The summed E-state index contributed by atoms with van der Waals surface area (Å²) in [7, 11) is 0. The average molecular weight is 275 g/mol. The van der Waals surface area contributed by atoms with Crippen LogP contribution in [0.25, 0.3) is 0 Å². The molecule has 0 fully saturated rings. The van der Waals surface area contributed by atoms with E-state index in [-0.39, 0.29) is 12.3 Å². The van der Waals surface area contributed by atoms with E-state index >= 15 is 0 Å². The molecule has 0 spiro atoms. The Labute approximate surface area is 116 Å². The van der Waals surface area contributed by atoms with Gasteiger partial charge in [0.25, 0.3) is 0 Å². The molecule has 0 aliphatic carbocycles. The quantitative estimate of drug-likeness (QED) is 0.809. The molecule has 0 radical (unpaired) electrons. The van der Waals surface area contributed by atoms with Crippen LogP contribution < -0.4 is 0 Å². The fourth-order valence-electron chi connectivity index (χ4n) is 2.01. The molecule has 1 atom stereocenters. The van der Waals surface area contributed by atoms with Crippen LogP contribution in [0.5, 0.6) is 0 Å². The van der Waals surface area contributed by atoms with Crippen LogP contribution in [0.1, 0.15) is 24.7 Å². The van der Waals surface area contributed by atoms with Crippen molar-refractivity contribution in [2.75, 3.05) is 0 Å². The van der Waals surface area contributed by atoms with Gasteiger partial charge >= 0.3 is 5.97 Å². The number of hydrogen-bond donors (Lipinski definition) is 1. The van der Waals surface area contributed by atoms with Gasteiger partial charge in [0.2, 0.25) is 0 Å². The average Bonchev–Trinajstić information content (AvgIpc) is 2.84. The van der Waals surface area contributed by atoms with E-state index in [1.165, 1.54) is 5.56 Å². The van der Waals surface area contributed by atoms with E-state index in [0.29, 0.717) is 6.54 Å². The molecule has 2 aromatic heterocycles. The van der Waals surface area contributed by atoms with Gasteiger partial charge in [0.1, 0.15) is 0 Å². The Morgan fingerprint density at radius 2 is 2.10 bits per heavy atom. The van der Waals surface area contributed by atoms with E-state index < -0.39 is 5.97 Å². The van der Waals surface area contributed by atoms with E-state index in [9.17, 15) is 4.79 Å². The molecule has 0 aromatic carbocycles. The number of carboxylic acids is 1. The zero-order chi connectivity index (χ0) is 14.4. The van der Waals surface area contributed by atoms with Crippen LogP contribution in [0.2, 0.25) is 0 Å². The highest BCUT2D eigenvalue weighted by molar-refractivity contribution is 5.66. The number of aromatic nitrogens is 5. The number of aryl methyl sites for hydroxylation is 2. The van der Waals surface area contributed by atoms with Crippen LogP contribution in [-0.2, 0) is 24.2 Å². The highest BCUT2D eigenvalue weighted by Crippen LogP contribution is 2.08. The molecule has 0 saturated heterocycles. The van der Waals surface area contributed by atoms with Crippen molar-refractivity contribution in [1.29, 1.82) is 0 Å². The van der Waals surface area contributed by atoms with E-state index in [1.807, 2.05) is 19.1 Å². The van der Waals surface area contributed by atoms with Gasteiger partial charge in [0.05, 0.1) is 0 Å². The second kappa shape index (κ2) is 6.74. The van der Waals surface area contributed by atoms with Gasteiger partial charge in [-0.05, 0) is 40.5 Å². The third-order valence-electron chi connectivity index (χ3n) is 3.00. The summed E-state index contributed by atoms with van der Waals surface area (Å²) in [6, 6.07) is 3.92. The number of rotatable bonds is 7. The number of hydrogen-bond acceptors (Lipinski definition) is 5. The first-order valence-electron chi connectivity index (χ1n) is 6.51. The molecule has 7 nitrogen and oxygen atoms in total. The Morgan fingerprint density at radius 3 is 2.80 bits per heavy atom. The van der Waals surface area contributed by atoms with Crippen molar-refractivity contribution in [3.63, 3.8) is 0 Å². The van der Waals surface area contributed by atoms with Crippen molar-refractivity contribution in [3.05, 3.63) is 35.9 Å². The third-order valence-corrected chi connectivity index (χ3v) is 3.00. The standard InChI is InChI=1S/C13H17N5O2/c1-10(8-13(19)20)9-18-12(15-16-17-18)3-2-11-4-6-14-7-5-11/h4-7,10H,2-3,8-9H2,1H3,(H,19,20). The molecule has 0 bridgehead atoms. The zero-order valence-electron chi connectivity index (χ0n) is 11.3. The van der Waals surface area contributed by atoms with Crippen LogP contribution in [0.15, 0.2) is 24.5 Å². The van der Waals surface area contributed by atoms with Gasteiger partial charge in [-0.2, -0.15) is 0 Å². The first kappa shape index (κ1) is 14.1. The Hall–Kier alpha value is -2.31. The maximum Gasteiger partial charge on any atom is 0.303 e. The number of nitrogens with zero attached hydrogens (tertiary/aromatic N) is 5. The molecular formula is C13H17N5O2. The lowest BCUT2D eigenvalue weighted by molar-refractivity contribution is -0.138. The molecule has 106 valence electrons. The highest BCUT2D eigenvalue weighted by Gasteiger charge is 2.12. The van der Waals surface area contributed by atoms with Crippen molar-refractivity contribution >= 4 is 5.97 Å². The highest BCUT2D eigenvalue weighted by atomic mass is 16.4. The van der Waals surface area contributed by atoms with Crippen LogP contribution in [-0.4, -0.2) is 36.3 Å². The van der Waals surface area contributed by atoms with Crippen LogP contribution in [0, 0.1) is 5.92 Å². The normalized spacial score (nSPS) is 12.2. The molecule has 7 heteroatoms. The minimum atomic E-state index is -0.802. The summed E-state index contributed by atoms with van der Waals surface area (Å²) >= 11 is 0. The first-order chi connectivity index (χ1) is 9.65. The van der Waals surface area contributed by atoms with Crippen molar-refractivity contribution < 1.29 is 9.90 Å². The number of aliphatic carboxylic acids is 1. The molecule has 1 unspecified atom stereocenters. The zero-order valence-corrected chi connectivity index (χ0v) is 11.3. The van der Waals surface area contributed by atoms with Gasteiger partial charge < -0.3 is 5.11 Å². The van der Waals surface area contributed by atoms with Gasteiger partial charge in [-0.25, -0.2) is 4.68 Å². The predicted molar refractivity (Wildman–Crippen MR) is 70.9 cm³/mol. The van der Waals surface area contributed by atoms with Crippen LogP contribution >= 0.6 is 0 Å².